The number of nitrogens with zero attached hydrogens (tertiary/aromatic N) is 1. The predicted molar refractivity (Wildman–Crippen MR) is 98.0 cm³/mol. The van der Waals surface area contributed by atoms with Crippen molar-refractivity contribution in [3.05, 3.63) is 53.6 Å². The van der Waals surface area contributed by atoms with Crippen LogP contribution < -0.4 is 15.9 Å². The first-order chi connectivity index (χ1) is 12.5. The zero-order valence-corrected chi connectivity index (χ0v) is 14.6. The molecule has 7 heteroatoms. The van der Waals surface area contributed by atoms with Crippen LogP contribution in [0.2, 0.25) is 0 Å². The van der Waals surface area contributed by atoms with Gasteiger partial charge in [0, 0.05) is 12.6 Å². The number of hydrogen-bond donors (Lipinski definition) is 2. The summed E-state index contributed by atoms with van der Waals surface area (Å²) in [7, 11) is -0.845. The summed E-state index contributed by atoms with van der Waals surface area (Å²) >= 11 is 0. The molecule has 2 unspecified atom stereocenters. The van der Waals surface area contributed by atoms with E-state index in [1.165, 1.54) is 0 Å². The molecular weight excluding hydrogens is 331 g/mol. The van der Waals surface area contributed by atoms with Crippen molar-refractivity contribution in [2.75, 3.05) is 0 Å². The maximum Gasteiger partial charge on any atom is 0.491 e. The summed E-state index contributed by atoms with van der Waals surface area (Å²) in [4.78, 5) is 13.9. The third-order valence-electron chi connectivity index (χ3n) is 5.02. The van der Waals surface area contributed by atoms with Gasteiger partial charge in [-0.05, 0) is 54.2 Å². The van der Waals surface area contributed by atoms with E-state index < -0.39 is 7.12 Å². The number of carbonyl (C=O) groups excluding carboxylic acids is 1. The zero-order chi connectivity index (χ0) is 18.3. The average molecular weight is 352 g/mol. The van der Waals surface area contributed by atoms with Crippen molar-refractivity contribution in [2.24, 2.45) is 5.73 Å². The Bertz CT molecular complexity index is 827. The molecule has 1 amide bonds. The Balaban J connectivity index is 1.43. The number of rotatable bonds is 4. The van der Waals surface area contributed by atoms with Crippen LogP contribution in [-0.2, 0) is 22.6 Å². The first-order valence-corrected chi connectivity index (χ1v) is 8.76. The SMILES string of the molecule is CC1CC(N)C(=O)N1Cc1ccc(Oc2ccc3c(c2)COB3O)cc1. The molecule has 0 saturated carbocycles. The van der Waals surface area contributed by atoms with Crippen molar-refractivity contribution in [3.8, 4) is 11.5 Å². The number of amides is 1. The summed E-state index contributed by atoms with van der Waals surface area (Å²) < 4.78 is 11.1. The van der Waals surface area contributed by atoms with Gasteiger partial charge in [-0.1, -0.05) is 18.2 Å². The van der Waals surface area contributed by atoms with Gasteiger partial charge in [0.2, 0.25) is 5.91 Å². The normalized spacial score (nSPS) is 22.0. The standard InChI is InChI=1S/C19H21BN2O4/c1-12-8-18(21)19(23)22(12)10-13-2-4-15(5-3-13)26-16-6-7-17-14(9-16)11-25-20(17)24/h2-7,9,12,18,24H,8,10-11,21H2,1H3. The van der Waals surface area contributed by atoms with Crippen LogP contribution in [-0.4, -0.2) is 35.0 Å². The Morgan fingerprint density at radius 2 is 2.00 bits per heavy atom. The lowest BCUT2D eigenvalue weighted by molar-refractivity contribution is -0.130. The molecule has 2 atom stereocenters. The van der Waals surface area contributed by atoms with E-state index in [0.29, 0.717) is 31.1 Å². The maximum atomic E-state index is 12.1. The third kappa shape index (κ3) is 3.21. The van der Waals surface area contributed by atoms with Crippen LogP contribution in [0, 0.1) is 0 Å². The summed E-state index contributed by atoms with van der Waals surface area (Å²) in [6, 6.07) is 13.0. The smallest absolute Gasteiger partial charge is 0.457 e. The van der Waals surface area contributed by atoms with Crippen LogP contribution in [0.25, 0.3) is 0 Å². The number of likely N-dealkylation sites (tertiary alicyclic amines) is 1. The lowest BCUT2D eigenvalue weighted by Gasteiger charge is -2.21. The van der Waals surface area contributed by atoms with E-state index in [-0.39, 0.29) is 18.0 Å². The molecule has 2 aromatic rings. The number of nitrogens with two attached hydrogens (primary N) is 1. The predicted octanol–water partition coefficient (Wildman–Crippen LogP) is 1.14. The minimum Gasteiger partial charge on any atom is -0.457 e. The molecule has 0 bridgehead atoms. The van der Waals surface area contributed by atoms with E-state index in [4.69, 9.17) is 15.1 Å². The van der Waals surface area contributed by atoms with Gasteiger partial charge in [-0.15, -0.1) is 0 Å². The molecule has 0 spiro atoms. The van der Waals surface area contributed by atoms with Gasteiger partial charge in [0.25, 0.3) is 0 Å². The minimum atomic E-state index is -0.845. The molecule has 26 heavy (non-hydrogen) atoms. The van der Waals surface area contributed by atoms with Gasteiger partial charge in [-0.2, -0.15) is 0 Å². The van der Waals surface area contributed by atoms with Gasteiger partial charge in [-0.3, -0.25) is 4.79 Å². The average Bonchev–Trinajstić information content (AvgIpc) is 3.11. The summed E-state index contributed by atoms with van der Waals surface area (Å²) in [5.41, 5.74) is 8.60. The number of ether oxygens (including phenoxy) is 1. The van der Waals surface area contributed by atoms with Crippen molar-refractivity contribution < 1.29 is 19.2 Å². The second kappa shape index (κ2) is 6.76. The largest absolute Gasteiger partial charge is 0.491 e. The van der Waals surface area contributed by atoms with Crippen molar-refractivity contribution in [2.45, 2.75) is 38.6 Å². The molecule has 3 N–H and O–H groups in total. The molecule has 1 saturated heterocycles. The van der Waals surface area contributed by atoms with Crippen LogP contribution in [0.5, 0.6) is 11.5 Å². The first-order valence-electron chi connectivity index (χ1n) is 8.76. The van der Waals surface area contributed by atoms with Crippen LogP contribution >= 0.6 is 0 Å². The second-order valence-corrected chi connectivity index (χ2v) is 6.93. The zero-order valence-electron chi connectivity index (χ0n) is 14.6. The lowest BCUT2D eigenvalue weighted by Crippen LogP contribution is -2.35. The molecule has 0 radical (unpaired) electrons. The Hall–Kier alpha value is -2.35. The molecule has 2 heterocycles. The van der Waals surface area contributed by atoms with Gasteiger partial charge in [0.05, 0.1) is 12.6 Å². The number of fused-ring (bicyclic) bond motifs is 1. The maximum absolute atomic E-state index is 12.1. The Morgan fingerprint density at radius 3 is 2.69 bits per heavy atom. The first kappa shape index (κ1) is 17.1. The van der Waals surface area contributed by atoms with E-state index in [2.05, 4.69) is 0 Å². The molecule has 0 aromatic heterocycles. The summed E-state index contributed by atoms with van der Waals surface area (Å²) in [6.45, 7) is 2.97. The highest BCUT2D eigenvalue weighted by Crippen LogP contribution is 2.25. The fraction of sp³-hybridized carbons (Fsp3) is 0.316. The van der Waals surface area contributed by atoms with Crippen LogP contribution in [0.4, 0.5) is 0 Å². The highest BCUT2D eigenvalue weighted by Gasteiger charge is 2.34. The van der Waals surface area contributed by atoms with Crippen molar-refractivity contribution in [1.29, 1.82) is 0 Å². The van der Waals surface area contributed by atoms with E-state index in [1.807, 2.05) is 54.3 Å². The Labute approximate surface area is 152 Å². The molecule has 6 nitrogen and oxygen atoms in total. The van der Waals surface area contributed by atoms with Crippen LogP contribution in [0.15, 0.2) is 42.5 Å². The van der Waals surface area contributed by atoms with Crippen LogP contribution in [0.3, 0.4) is 0 Å². The fourth-order valence-corrected chi connectivity index (χ4v) is 3.53. The number of benzene rings is 2. The van der Waals surface area contributed by atoms with E-state index >= 15 is 0 Å². The molecule has 2 aliphatic rings. The van der Waals surface area contributed by atoms with Crippen LogP contribution in [0.1, 0.15) is 24.5 Å². The van der Waals surface area contributed by atoms with Gasteiger partial charge < -0.3 is 25.0 Å². The third-order valence-corrected chi connectivity index (χ3v) is 5.02. The fourth-order valence-electron chi connectivity index (χ4n) is 3.53. The molecule has 1 fully saturated rings. The van der Waals surface area contributed by atoms with Crippen molar-refractivity contribution in [1.82, 2.24) is 4.90 Å². The van der Waals surface area contributed by atoms with Crippen molar-refractivity contribution >= 4 is 18.5 Å². The van der Waals surface area contributed by atoms with Gasteiger partial charge in [0.15, 0.2) is 0 Å². The van der Waals surface area contributed by atoms with Gasteiger partial charge >= 0.3 is 7.12 Å². The van der Waals surface area contributed by atoms with E-state index in [9.17, 15) is 9.82 Å². The monoisotopic (exact) mass is 352 g/mol. The summed E-state index contributed by atoms with van der Waals surface area (Å²) in [5.74, 6) is 1.43. The van der Waals surface area contributed by atoms with Gasteiger partial charge in [0.1, 0.15) is 11.5 Å². The quantitative estimate of drug-likeness (QED) is 0.807. The highest BCUT2D eigenvalue weighted by molar-refractivity contribution is 6.61. The Morgan fingerprint density at radius 1 is 1.27 bits per heavy atom. The molecule has 0 aliphatic carbocycles. The van der Waals surface area contributed by atoms with E-state index in [1.54, 1.807) is 0 Å². The van der Waals surface area contributed by atoms with E-state index in [0.717, 1.165) is 16.6 Å². The summed E-state index contributed by atoms with van der Waals surface area (Å²) in [5, 5.41) is 9.66. The molecule has 2 aliphatic heterocycles. The minimum absolute atomic E-state index is 0.0142. The molecular formula is C19H21BN2O4. The number of hydrogen-bond acceptors (Lipinski definition) is 5. The van der Waals surface area contributed by atoms with Gasteiger partial charge in [-0.25, -0.2) is 0 Å². The highest BCUT2D eigenvalue weighted by atomic mass is 16.5. The molecule has 2 aromatic carbocycles. The molecule has 4 rings (SSSR count). The Kier molecular flexibility index (Phi) is 4.44. The lowest BCUT2D eigenvalue weighted by atomic mass is 9.80. The second-order valence-electron chi connectivity index (χ2n) is 6.93. The number of carbonyl (C=O) groups is 1. The topological polar surface area (TPSA) is 85.0 Å². The summed E-state index contributed by atoms with van der Waals surface area (Å²) in [6.07, 6.45) is 0.705. The molecule has 134 valence electrons. The van der Waals surface area contributed by atoms with Crippen molar-refractivity contribution in [3.63, 3.8) is 0 Å².